The first-order chi connectivity index (χ1) is 19.6. The Hall–Kier alpha value is -4.07. The number of nitro groups is 2. The fourth-order valence-corrected chi connectivity index (χ4v) is 4.71. The van der Waals surface area contributed by atoms with Crippen LogP contribution in [0.4, 0.5) is 22.7 Å². The molecule has 228 valence electrons. The first-order valence-electron chi connectivity index (χ1n) is 13.4. The molecule has 0 heterocycles. The average molecular weight is 602 g/mol. The Bertz CT molecular complexity index is 1400. The summed E-state index contributed by atoms with van der Waals surface area (Å²) >= 11 is 0. The third kappa shape index (κ3) is 11.4. The highest BCUT2D eigenvalue weighted by atomic mass is 32.2. The SMILES string of the molecule is Cc1cc(NCCC[N+](C)(C)CCCNc2ccc([N+](=O)[O-])c(C)c2)ccc1[N+](=O)[O-].Cc1ccc(S(=O)(=O)[O-])cc1. The number of nitrogens with zero attached hydrogens (tertiary/aromatic N) is 3. The summed E-state index contributed by atoms with van der Waals surface area (Å²) in [4.78, 5) is 20.9. The second-order valence-corrected chi connectivity index (χ2v) is 12.1. The molecule has 0 atom stereocenters. The molecular formula is C29H39N5O7S. The van der Waals surface area contributed by atoms with Gasteiger partial charge in [-0.05, 0) is 57.2 Å². The zero-order valence-electron chi connectivity index (χ0n) is 24.6. The topological polar surface area (TPSA) is 168 Å². The van der Waals surface area contributed by atoms with Gasteiger partial charge >= 0.3 is 0 Å². The van der Waals surface area contributed by atoms with Crippen LogP contribution < -0.4 is 10.6 Å². The summed E-state index contributed by atoms with van der Waals surface area (Å²) in [5.41, 5.74) is 4.31. The smallest absolute Gasteiger partial charge is 0.272 e. The number of benzene rings is 3. The van der Waals surface area contributed by atoms with E-state index >= 15 is 0 Å². The average Bonchev–Trinajstić information content (AvgIpc) is 2.89. The number of quaternary nitrogens is 1. The molecule has 2 N–H and O–H groups in total. The first-order valence-corrected chi connectivity index (χ1v) is 14.8. The number of anilines is 2. The van der Waals surface area contributed by atoms with Gasteiger partial charge in [0.05, 0.1) is 41.9 Å². The minimum Gasteiger partial charge on any atom is -0.744 e. The van der Waals surface area contributed by atoms with Gasteiger partial charge in [-0.2, -0.15) is 0 Å². The Morgan fingerprint density at radius 2 is 1.12 bits per heavy atom. The highest BCUT2D eigenvalue weighted by molar-refractivity contribution is 7.85. The van der Waals surface area contributed by atoms with Crippen LogP contribution in [0, 0.1) is 41.0 Å². The molecule has 0 aromatic heterocycles. The number of rotatable bonds is 13. The van der Waals surface area contributed by atoms with Crippen molar-refractivity contribution in [3.63, 3.8) is 0 Å². The second kappa shape index (κ2) is 15.2. The zero-order chi connectivity index (χ0) is 31.5. The minimum absolute atomic E-state index is 0.140. The molecule has 13 heteroatoms. The zero-order valence-corrected chi connectivity index (χ0v) is 25.4. The molecule has 0 saturated carbocycles. The summed E-state index contributed by atoms with van der Waals surface area (Å²) < 4.78 is 32.1. The van der Waals surface area contributed by atoms with Gasteiger partial charge in [0.1, 0.15) is 10.1 Å². The molecule has 0 amide bonds. The summed E-state index contributed by atoms with van der Waals surface area (Å²) in [5, 5.41) is 28.5. The second-order valence-electron chi connectivity index (χ2n) is 10.7. The fourth-order valence-electron chi connectivity index (χ4n) is 4.24. The number of nitrogens with one attached hydrogen (secondary N) is 2. The van der Waals surface area contributed by atoms with Crippen LogP contribution in [0.15, 0.2) is 65.6 Å². The van der Waals surface area contributed by atoms with Crippen molar-refractivity contribution in [1.29, 1.82) is 0 Å². The van der Waals surface area contributed by atoms with E-state index < -0.39 is 10.1 Å². The Morgan fingerprint density at radius 1 is 0.714 bits per heavy atom. The summed E-state index contributed by atoms with van der Waals surface area (Å²) in [5.74, 6) is 0. The lowest BCUT2D eigenvalue weighted by Gasteiger charge is -2.30. The Kier molecular flexibility index (Phi) is 12.4. The van der Waals surface area contributed by atoms with Crippen LogP contribution in [0.25, 0.3) is 0 Å². The van der Waals surface area contributed by atoms with Crippen molar-refractivity contribution in [2.75, 3.05) is 50.9 Å². The highest BCUT2D eigenvalue weighted by Gasteiger charge is 2.15. The lowest BCUT2D eigenvalue weighted by atomic mass is 10.2. The van der Waals surface area contributed by atoms with Crippen molar-refractivity contribution >= 4 is 32.9 Å². The third-order valence-corrected chi connectivity index (χ3v) is 7.48. The van der Waals surface area contributed by atoms with Crippen molar-refractivity contribution < 1.29 is 27.3 Å². The Labute approximate surface area is 247 Å². The van der Waals surface area contributed by atoms with Crippen molar-refractivity contribution in [3.05, 3.63) is 97.6 Å². The van der Waals surface area contributed by atoms with E-state index in [1.807, 2.05) is 19.1 Å². The number of aryl methyl sites for hydroxylation is 3. The molecule has 0 fully saturated rings. The maximum absolute atomic E-state index is 10.9. The lowest BCUT2D eigenvalue weighted by molar-refractivity contribution is -0.890. The monoisotopic (exact) mass is 601 g/mol. The molecule has 0 aliphatic carbocycles. The molecule has 3 rings (SSSR count). The molecule has 0 radical (unpaired) electrons. The van der Waals surface area contributed by atoms with Gasteiger partial charge in [-0.1, -0.05) is 17.7 Å². The standard InChI is InChI=1S/C22H32N5O4.C7H8O3S/c1-17-15-19(7-9-21(17)25(28)29)23-11-5-13-27(3,4)14-6-12-24-20-8-10-22(26(30)31)18(2)16-20;1-6-2-4-7(5-3-6)11(8,9)10/h7-10,15-16,23-24H,5-6,11-14H2,1-4H3;2-5H,1H3,(H,8,9,10)/q+1;/p-1. The van der Waals surface area contributed by atoms with Gasteiger partial charge in [0.2, 0.25) is 0 Å². The van der Waals surface area contributed by atoms with Crippen LogP contribution in [0.3, 0.4) is 0 Å². The van der Waals surface area contributed by atoms with Crippen LogP contribution in [0.5, 0.6) is 0 Å². The van der Waals surface area contributed by atoms with Gasteiger partial charge in [0.25, 0.3) is 11.4 Å². The predicted octanol–water partition coefficient (Wildman–Crippen LogP) is 5.40. The molecule has 42 heavy (non-hydrogen) atoms. The van der Waals surface area contributed by atoms with Crippen molar-refractivity contribution in [1.82, 2.24) is 0 Å². The molecule has 3 aromatic carbocycles. The van der Waals surface area contributed by atoms with Gasteiger partial charge in [-0.25, -0.2) is 8.42 Å². The van der Waals surface area contributed by atoms with Crippen LogP contribution in [0.1, 0.15) is 29.5 Å². The maximum Gasteiger partial charge on any atom is 0.272 e. The summed E-state index contributed by atoms with van der Waals surface area (Å²) in [6.07, 6.45) is 1.97. The summed E-state index contributed by atoms with van der Waals surface area (Å²) in [6, 6.07) is 16.0. The van der Waals surface area contributed by atoms with Gasteiger partial charge in [-0.15, -0.1) is 0 Å². The van der Waals surface area contributed by atoms with Crippen LogP contribution in [-0.2, 0) is 10.1 Å². The van der Waals surface area contributed by atoms with E-state index in [1.165, 1.54) is 24.3 Å². The van der Waals surface area contributed by atoms with Gasteiger partial charge in [0, 0.05) is 60.6 Å². The van der Waals surface area contributed by atoms with Crippen LogP contribution in [-0.4, -0.2) is 67.6 Å². The van der Waals surface area contributed by atoms with E-state index in [4.69, 9.17) is 0 Å². The van der Waals surface area contributed by atoms with Crippen molar-refractivity contribution in [2.24, 2.45) is 0 Å². The first kappa shape index (κ1) is 34.1. The molecule has 3 aromatic rings. The largest absolute Gasteiger partial charge is 0.744 e. The number of hydrogen-bond acceptors (Lipinski definition) is 9. The molecule has 12 nitrogen and oxygen atoms in total. The van der Waals surface area contributed by atoms with E-state index in [-0.39, 0.29) is 26.1 Å². The molecular weight excluding hydrogens is 562 g/mol. The van der Waals surface area contributed by atoms with E-state index in [0.29, 0.717) is 11.1 Å². The molecule has 0 aliphatic heterocycles. The Morgan fingerprint density at radius 3 is 1.45 bits per heavy atom. The number of nitro benzene ring substituents is 2. The van der Waals surface area contributed by atoms with E-state index in [2.05, 4.69) is 24.7 Å². The molecule has 0 unspecified atom stereocenters. The number of hydrogen-bond donors (Lipinski definition) is 2. The quantitative estimate of drug-likeness (QED) is 0.0857. The molecule has 0 saturated heterocycles. The van der Waals surface area contributed by atoms with Gasteiger partial charge in [0.15, 0.2) is 0 Å². The maximum atomic E-state index is 10.9. The normalized spacial score (nSPS) is 11.3. The molecule has 0 spiro atoms. The van der Waals surface area contributed by atoms with Crippen molar-refractivity contribution in [2.45, 2.75) is 38.5 Å². The fraction of sp³-hybridized carbons (Fsp3) is 0.379. The summed E-state index contributed by atoms with van der Waals surface area (Å²) in [6.45, 7) is 8.94. The van der Waals surface area contributed by atoms with E-state index in [9.17, 15) is 33.2 Å². The Balaban J connectivity index is 0.000000468. The molecule has 0 bridgehead atoms. The molecule has 0 aliphatic rings. The van der Waals surface area contributed by atoms with Crippen LogP contribution >= 0.6 is 0 Å². The van der Waals surface area contributed by atoms with E-state index in [1.54, 1.807) is 38.1 Å². The van der Waals surface area contributed by atoms with E-state index in [0.717, 1.165) is 60.4 Å². The van der Waals surface area contributed by atoms with Crippen LogP contribution in [0.2, 0.25) is 0 Å². The minimum atomic E-state index is -4.27. The third-order valence-electron chi connectivity index (χ3n) is 6.64. The van der Waals surface area contributed by atoms with Gasteiger partial charge in [-0.3, -0.25) is 20.2 Å². The summed E-state index contributed by atoms with van der Waals surface area (Å²) in [7, 11) is 0.131. The lowest BCUT2D eigenvalue weighted by Crippen LogP contribution is -2.42. The van der Waals surface area contributed by atoms with Crippen molar-refractivity contribution in [3.8, 4) is 0 Å². The predicted molar refractivity (Wildman–Crippen MR) is 163 cm³/mol. The van der Waals surface area contributed by atoms with Gasteiger partial charge < -0.3 is 19.7 Å². The highest BCUT2D eigenvalue weighted by Crippen LogP contribution is 2.22.